The lowest BCUT2D eigenvalue weighted by atomic mass is 10.1. The number of hydrazine groups is 1. The Kier molecular flexibility index (Phi) is 4.87. The number of hydrogen-bond acceptors (Lipinski definition) is 4. The lowest BCUT2D eigenvalue weighted by Gasteiger charge is -2.15. The van der Waals surface area contributed by atoms with Crippen LogP contribution in [0.2, 0.25) is 0 Å². The molecular weight excluding hydrogens is 339 g/mol. The van der Waals surface area contributed by atoms with Gasteiger partial charge in [-0.1, -0.05) is 12.1 Å². The first-order valence-corrected chi connectivity index (χ1v) is 6.99. The highest BCUT2D eigenvalue weighted by Gasteiger charge is 2.16. The molecule has 0 bridgehead atoms. The largest absolute Gasteiger partial charge is 0.345 e. The number of nitrogen functional groups attached to an aromatic ring is 1. The highest BCUT2D eigenvalue weighted by atomic mass is 79.9. The molecule has 110 valence electrons. The molecule has 0 aliphatic rings. The lowest BCUT2D eigenvalue weighted by molar-refractivity contribution is 0.0940. The van der Waals surface area contributed by atoms with E-state index in [1.807, 2.05) is 6.92 Å². The molecule has 1 unspecified atom stereocenters. The van der Waals surface area contributed by atoms with Crippen molar-refractivity contribution in [1.82, 2.24) is 10.3 Å². The Labute approximate surface area is 129 Å². The van der Waals surface area contributed by atoms with Crippen LogP contribution in [0.15, 0.2) is 41.0 Å². The van der Waals surface area contributed by atoms with Crippen molar-refractivity contribution >= 4 is 27.7 Å². The Balaban J connectivity index is 2.17. The van der Waals surface area contributed by atoms with Gasteiger partial charge in [0.05, 0.1) is 11.6 Å². The van der Waals surface area contributed by atoms with E-state index in [0.29, 0.717) is 10.0 Å². The van der Waals surface area contributed by atoms with E-state index in [-0.39, 0.29) is 23.6 Å². The number of rotatable bonds is 4. The van der Waals surface area contributed by atoms with Crippen LogP contribution in [0.4, 0.5) is 10.2 Å². The lowest BCUT2D eigenvalue weighted by Crippen LogP contribution is -2.28. The minimum absolute atomic E-state index is 0.275. The number of hydrogen-bond donors (Lipinski definition) is 3. The summed E-state index contributed by atoms with van der Waals surface area (Å²) < 4.78 is 13.6. The topological polar surface area (TPSA) is 80.0 Å². The molecule has 1 heterocycles. The highest BCUT2D eigenvalue weighted by Crippen LogP contribution is 2.19. The zero-order valence-electron chi connectivity index (χ0n) is 11.2. The van der Waals surface area contributed by atoms with Gasteiger partial charge in [0, 0.05) is 10.7 Å². The van der Waals surface area contributed by atoms with Gasteiger partial charge in [-0.15, -0.1) is 0 Å². The molecule has 1 aromatic carbocycles. The van der Waals surface area contributed by atoms with Crippen molar-refractivity contribution in [2.75, 3.05) is 5.43 Å². The number of pyridine rings is 1. The molecule has 7 heteroatoms. The van der Waals surface area contributed by atoms with Crippen LogP contribution in [0.3, 0.4) is 0 Å². The minimum Gasteiger partial charge on any atom is -0.345 e. The standard InChI is InChI=1S/C14H14BrFN4O/c1-8(9-2-4-11(16)5-3-9)19-14(21)12-6-10(15)7-18-13(12)20-17/h2-8H,17H2,1H3,(H,18,20)(H,19,21). The maximum Gasteiger partial charge on any atom is 0.255 e. The Morgan fingerprint density at radius 2 is 2.05 bits per heavy atom. The summed E-state index contributed by atoms with van der Waals surface area (Å²) in [5.74, 6) is 4.99. The van der Waals surface area contributed by atoms with Crippen molar-refractivity contribution < 1.29 is 9.18 Å². The molecular formula is C14H14BrFN4O. The molecule has 0 saturated heterocycles. The van der Waals surface area contributed by atoms with Crippen molar-refractivity contribution in [1.29, 1.82) is 0 Å². The third-order valence-corrected chi connectivity index (χ3v) is 3.39. The van der Waals surface area contributed by atoms with Gasteiger partial charge >= 0.3 is 0 Å². The molecule has 0 fully saturated rings. The average Bonchev–Trinajstić information content (AvgIpc) is 2.47. The van der Waals surface area contributed by atoms with E-state index in [1.165, 1.54) is 18.3 Å². The number of halogens is 2. The van der Waals surface area contributed by atoms with Crippen molar-refractivity contribution in [3.8, 4) is 0 Å². The van der Waals surface area contributed by atoms with Gasteiger partial charge in [-0.2, -0.15) is 0 Å². The smallest absolute Gasteiger partial charge is 0.255 e. The Morgan fingerprint density at radius 3 is 2.67 bits per heavy atom. The van der Waals surface area contributed by atoms with Gasteiger partial charge in [0.25, 0.3) is 5.91 Å². The van der Waals surface area contributed by atoms with Gasteiger partial charge in [0.15, 0.2) is 5.82 Å². The molecule has 0 radical (unpaired) electrons. The summed E-state index contributed by atoms with van der Waals surface area (Å²) in [5, 5.41) is 2.82. The minimum atomic E-state index is -0.325. The van der Waals surface area contributed by atoms with Gasteiger partial charge in [0.1, 0.15) is 5.82 Å². The second-order valence-corrected chi connectivity index (χ2v) is 5.36. The van der Waals surface area contributed by atoms with Crippen LogP contribution in [-0.2, 0) is 0 Å². The Bertz CT molecular complexity index is 648. The molecule has 1 aromatic heterocycles. The van der Waals surface area contributed by atoms with Crippen molar-refractivity contribution in [2.45, 2.75) is 13.0 Å². The van der Waals surface area contributed by atoms with Crippen molar-refractivity contribution in [3.05, 3.63) is 57.9 Å². The third-order valence-electron chi connectivity index (χ3n) is 2.95. The first kappa shape index (κ1) is 15.4. The molecule has 21 heavy (non-hydrogen) atoms. The number of benzene rings is 1. The van der Waals surface area contributed by atoms with Crippen LogP contribution in [0.1, 0.15) is 28.9 Å². The average molecular weight is 353 g/mol. The van der Waals surface area contributed by atoms with E-state index in [2.05, 4.69) is 31.7 Å². The van der Waals surface area contributed by atoms with E-state index in [4.69, 9.17) is 5.84 Å². The second kappa shape index (κ2) is 6.64. The normalized spacial score (nSPS) is 11.8. The van der Waals surface area contributed by atoms with Crippen molar-refractivity contribution in [2.24, 2.45) is 5.84 Å². The van der Waals surface area contributed by atoms with Gasteiger partial charge < -0.3 is 10.7 Å². The number of nitrogens with zero attached hydrogens (tertiary/aromatic N) is 1. The number of anilines is 1. The summed E-state index contributed by atoms with van der Waals surface area (Å²) in [6.07, 6.45) is 1.54. The molecule has 0 spiro atoms. The van der Waals surface area contributed by atoms with Gasteiger partial charge in [0.2, 0.25) is 0 Å². The fraction of sp³-hybridized carbons (Fsp3) is 0.143. The molecule has 2 rings (SSSR count). The summed E-state index contributed by atoms with van der Waals surface area (Å²) in [5.41, 5.74) is 3.50. The van der Waals surface area contributed by atoms with Gasteiger partial charge in [-0.3, -0.25) is 4.79 Å². The van der Waals surface area contributed by atoms with Crippen LogP contribution < -0.4 is 16.6 Å². The molecule has 4 N–H and O–H groups in total. The number of carbonyl (C=O) groups excluding carboxylic acids is 1. The van der Waals surface area contributed by atoms with Crippen LogP contribution in [-0.4, -0.2) is 10.9 Å². The first-order valence-electron chi connectivity index (χ1n) is 6.19. The van der Waals surface area contributed by atoms with E-state index in [9.17, 15) is 9.18 Å². The Morgan fingerprint density at radius 1 is 1.38 bits per heavy atom. The zero-order valence-corrected chi connectivity index (χ0v) is 12.8. The van der Waals surface area contributed by atoms with Crippen molar-refractivity contribution in [3.63, 3.8) is 0 Å². The predicted octanol–water partition coefficient (Wildman–Crippen LogP) is 2.76. The number of nitrogens with one attached hydrogen (secondary N) is 2. The van der Waals surface area contributed by atoms with Gasteiger partial charge in [-0.05, 0) is 46.6 Å². The highest BCUT2D eigenvalue weighted by molar-refractivity contribution is 9.10. The fourth-order valence-corrected chi connectivity index (χ4v) is 2.17. The summed E-state index contributed by atoms with van der Waals surface area (Å²) in [4.78, 5) is 16.3. The Hall–Kier alpha value is -1.99. The summed E-state index contributed by atoms with van der Waals surface area (Å²) in [6.45, 7) is 1.81. The predicted molar refractivity (Wildman–Crippen MR) is 82.0 cm³/mol. The van der Waals surface area contributed by atoms with Crippen LogP contribution in [0.5, 0.6) is 0 Å². The second-order valence-electron chi connectivity index (χ2n) is 4.44. The number of amides is 1. The maximum absolute atomic E-state index is 12.9. The summed E-state index contributed by atoms with van der Waals surface area (Å²) in [6, 6.07) is 7.30. The zero-order chi connectivity index (χ0) is 15.4. The molecule has 0 aliphatic carbocycles. The maximum atomic E-state index is 12.9. The SMILES string of the molecule is CC(NC(=O)c1cc(Br)cnc1NN)c1ccc(F)cc1. The summed E-state index contributed by atoms with van der Waals surface area (Å²) >= 11 is 3.26. The molecule has 0 saturated carbocycles. The molecule has 5 nitrogen and oxygen atoms in total. The molecule has 0 aliphatic heterocycles. The number of aromatic nitrogens is 1. The molecule has 2 aromatic rings. The number of carbonyl (C=O) groups is 1. The fourth-order valence-electron chi connectivity index (χ4n) is 1.84. The molecule has 1 amide bonds. The van der Waals surface area contributed by atoms with Crippen LogP contribution in [0, 0.1) is 5.82 Å². The number of nitrogens with two attached hydrogens (primary N) is 1. The quantitative estimate of drug-likeness (QED) is 0.583. The van der Waals surface area contributed by atoms with Gasteiger partial charge in [-0.25, -0.2) is 15.2 Å². The molecule has 1 atom stereocenters. The van der Waals surface area contributed by atoms with Crippen LogP contribution in [0.25, 0.3) is 0 Å². The van der Waals surface area contributed by atoms with E-state index >= 15 is 0 Å². The van der Waals surface area contributed by atoms with Crippen LogP contribution >= 0.6 is 15.9 Å². The van der Waals surface area contributed by atoms with E-state index in [0.717, 1.165) is 5.56 Å². The third kappa shape index (κ3) is 3.77. The monoisotopic (exact) mass is 352 g/mol. The van der Waals surface area contributed by atoms with E-state index < -0.39 is 0 Å². The summed E-state index contributed by atoms with van der Waals surface area (Å²) in [7, 11) is 0. The van der Waals surface area contributed by atoms with E-state index in [1.54, 1.807) is 18.2 Å². The first-order chi connectivity index (χ1) is 10.0.